The molecule has 9 heteroatoms. The van der Waals surface area contributed by atoms with Crippen LogP contribution >= 0.6 is 11.8 Å². The number of aromatic nitrogens is 2. The molecule has 4 aromatic rings. The normalized spacial score (nSPS) is 10.8. The topological polar surface area (TPSA) is 102 Å². The van der Waals surface area contributed by atoms with E-state index in [1.165, 1.54) is 11.8 Å². The molecule has 0 saturated carbocycles. The number of carbonyl (C=O) groups excluding carboxylic acids is 2. The zero-order valence-corrected chi connectivity index (χ0v) is 21.3. The summed E-state index contributed by atoms with van der Waals surface area (Å²) in [5.41, 5.74) is 2.77. The summed E-state index contributed by atoms with van der Waals surface area (Å²) in [7, 11) is 1.58. The third-order valence-corrected chi connectivity index (χ3v) is 6.62. The van der Waals surface area contributed by atoms with E-state index >= 15 is 0 Å². The Morgan fingerprint density at radius 3 is 2.41 bits per heavy atom. The predicted octanol–water partition coefficient (Wildman–Crippen LogP) is 3.23. The van der Waals surface area contributed by atoms with Gasteiger partial charge in [0.05, 0.1) is 29.8 Å². The summed E-state index contributed by atoms with van der Waals surface area (Å²) >= 11 is 1.22. The third kappa shape index (κ3) is 7.05. The molecule has 0 unspecified atom stereocenters. The first-order valence-corrected chi connectivity index (χ1v) is 12.8. The summed E-state index contributed by atoms with van der Waals surface area (Å²) < 4.78 is 6.53. The van der Waals surface area contributed by atoms with Crippen molar-refractivity contribution in [3.8, 4) is 0 Å². The highest BCUT2D eigenvalue weighted by atomic mass is 32.2. The maximum Gasteiger partial charge on any atom is 0.262 e. The van der Waals surface area contributed by atoms with Gasteiger partial charge in [-0.2, -0.15) is 0 Å². The van der Waals surface area contributed by atoms with Gasteiger partial charge in [0.1, 0.15) is 0 Å². The van der Waals surface area contributed by atoms with Crippen molar-refractivity contribution in [3.05, 3.63) is 106 Å². The Bertz CT molecular complexity index is 1420. The van der Waals surface area contributed by atoms with E-state index in [1.807, 2.05) is 48.5 Å². The van der Waals surface area contributed by atoms with Gasteiger partial charge in [-0.3, -0.25) is 19.0 Å². The summed E-state index contributed by atoms with van der Waals surface area (Å²) in [5, 5.41) is 6.66. The molecule has 2 N–H and O–H groups in total. The lowest BCUT2D eigenvalue weighted by molar-refractivity contribution is -0.118. The lowest BCUT2D eigenvalue weighted by atomic mass is 10.1. The predicted molar refractivity (Wildman–Crippen MR) is 145 cm³/mol. The van der Waals surface area contributed by atoms with Crippen molar-refractivity contribution in [1.82, 2.24) is 20.2 Å². The Hall–Kier alpha value is -3.95. The second kappa shape index (κ2) is 12.8. The molecular formula is C28H28N4O4S. The molecule has 37 heavy (non-hydrogen) atoms. The highest BCUT2D eigenvalue weighted by Gasteiger charge is 2.14. The van der Waals surface area contributed by atoms with Gasteiger partial charge >= 0.3 is 0 Å². The number of hydrogen-bond acceptors (Lipinski definition) is 6. The van der Waals surface area contributed by atoms with Crippen molar-refractivity contribution in [1.29, 1.82) is 0 Å². The molecule has 1 aromatic heterocycles. The van der Waals surface area contributed by atoms with Crippen LogP contribution < -0.4 is 16.2 Å². The maximum atomic E-state index is 13.4. The molecule has 4 rings (SSSR count). The maximum absolute atomic E-state index is 13.4. The van der Waals surface area contributed by atoms with Gasteiger partial charge in [-0.05, 0) is 35.4 Å². The molecule has 0 radical (unpaired) electrons. The Morgan fingerprint density at radius 2 is 1.65 bits per heavy atom. The van der Waals surface area contributed by atoms with Gasteiger partial charge in [0.25, 0.3) is 11.5 Å². The van der Waals surface area contributed by atoms with Crippen LogP contribution in [0.3, 0.4) is 0 Å². The lowest BCUT2D eigenvalue weighted by Crippen LogP contribution is -2.27. The van der Waals surface area contributed by atoms with Crippen LogP contribution in [0.4, 0.5) is 0 Å². The van der Waals surface area contributed by atoms with E-state index in [4.69, 9.17) is 4.74 Å². The average molecular weight is 517 g/mol. The lowest BCUT2D eigenvalue weighted by Gasteiger charge is -2.14. The third-order valence-electron chi connectivity index (χ3n) is 5.64. The molecule has 190 valence electrons. The number of thioether (sulfide) groups is 1. The summed E-state index contributed by atoms with van der Waals surface area (Å²) in [4.78, 5) is 42.8. The molecular weight excluding hydrogens is 488 g/mol. The largest absolute Gasteiger partial charge is 0.383 e. The van der Waals surface area contributed by atoms with Gasteiger partial charge in [-0.25, -0.2) is 4.98 Å². The van der Waals surface area contributed by atoms with E-state index in [0.29, 0.717) is 41.3 Å². The number of benzene rings is 3. The van der Waals surface area contributed by atoms with E-state index in [0.717, 1.165) is 11.1 Å². The standard InChI is InChI=1S/C28H28N4O4S/c1-36-16-15-29-26(34)22-13-11-21(12-14-22)18-32-27(35)23-9-5-6-10-24(23)31-28(32)37-19-25(33)30-17-20-7-3-2-4-8-20/h2-14H,15-19H2,1H3,(H,29,34)(H,30,33). The molecule has 0 saturated heterocycles. The number of methoxy groups -OCH3 is 1. The zero-order chi connectivity index (χ0) is 26.0. The number of rotatable bonds is 11. The van der Waals surface area contributed by atoms with Crippen LogP contribution in [0.2, 0.25) is 0 Å². The van der Waals surface area contributed by atoms with Crippen LogP contribution in [-0.2, 0) is 22.6 Å². The highest BCUT2D eigenvalue weighted by Crippen LogP contribution is 2.19. The molecule has 0 aliphatic rings. The van der Waals surface area contributed by atoms with Gasteiger partial charge in [0, 0.05) is 25.8 Å². The Balaban J connectivity index is 1.50. The van der Waals surface area contributed by atoms with Gasteiger partial charge in [0.2, 0.25) is 5.91 Å². The van der Waals surface area contributed by atoms with Crippen molar-refractivity contribution < 1.29 is 14.3 Å². The SMILES string of the molecule is COCCNC(=O)c1ccc(Cn2c(SCC(=O)NCc3ccccc3)nc3ccccc3c2=O)cc1. The second-order valence-corrected chi connectivity index (χ2v) is 9.24. The molecule has 8 nitrogen and oxygen atoms in total. The van der Waals surface area contributed by atoms with E-state index in [9.17, 15) is 14.4 Å². The number of nitrogens with one attached hydrogen (secondary N) is 2. The minimum absolute atomic E-state index is 0.123. The van der Waals surface area contributed by atoms with Gasteiger partial charge in [-0.1, -0.05) is 66.4 Å². The smallest absolute Gasteiger partial charge is 0.262 e. The molecule has 0 aliphatic carbocycles. The summed E-state index contributed by atoms with van der Waals surface area (Å²) in [5.74, 6) is -0.212. The van der Waals surface area contributed by atoms with Gasteiger partial charge < -0.3 is 15.4 Å². The van der Waals surface area contributed by atoms with Gasteiger partial charge in [0.15, 0.2) is 5.16 Å². The van der Waals surface area contributed by atoms with Crippen molar-refractivity contribution in [2.75, 3.05) is 26.0 Å². The monoisotopic (exact) mass is 516 g/mol. The number of hydrogen-bond donors (Lipinski definition) is 2. The molecule has 0 atom stereocenters. The van der Waals surface area contributed by atoms with E-state index in [2.05, 4.69) is 15.6 Å². The molecule has 0 bridgehead atoms. The van der Waals surface area contributed by atoms with Crippen LogP contribution in [0.1, 0.15) is 21.5 Å². The number of carbonyl (C=O) groups is 2. The van der Waals surface area contributed by atoms with Crippen LogP contribution in [0.25, 0.3) is 10.9 Å². The fourth-order valence-corrected chi connectivity index (χ4v) is 4.52. The van der Waals surface area contributed by atoms with Crippen molar-refractivity contribution in [2.45, 2.75) is 18.2 Å². The Morgan fingerprint density at radius 1 is 0.919 bits per heavy atom. The quantitative estimate of drug-likeness (QED) is 0.180. The number of fused-ring (bicyclic) bond motifs is 1. The second-order valence-electron chi connectivity index (χ2n) is 8.30. The van der Waals surface area contributed by atoms with Crippen LogP contribution in [-0.4, -0.2) is 47.4 Å². The first-order valence-electron chi connectivity index (χ1n) is 11.8. The van der Waals surface area contributed by atoms with Crippen molar-refractivity contribution in [3.63, 3.8) is 0 Å². The van der Waals surface area contributed by atoms with Crippen LogP contribution in [0.5, 0.6) is 0 Å². The Labute approximate surface area is 219 Å². The summed E-state index contributed by atoms with van der Waals surface area (Å²) in [6.45, 7) is 1.56. The highest BCUT2D eigenvalue weighted by molar-refractivity contribution is 7.99. The molecule has 0 fully saturated rings. The fourth-order valence-electron chi connectivity index (χ4n) is 3.69. The number of amides is 2. The first kappa shape index (κ1) is 26.1. The number of nitrogens with zero attached hydrogens (tertiary/aromatic N) is 2. The molecule has 0 aliphatic heterocycles. The average Bonchev–Trinajstić information content (AvgIpc) is 2.93. The Kier molecular flexibility index (Phi) is 9.07. The van der Waals surface area contributed by atoms with E-state index in [-0.39, 0.29) is 29.7 Å². The molecule has 2 amide bonds. The molecule has 1 heterocycles. The number of ether oxygens (including phenoxy) is 1. The minimum Gasteiger partial charge on any atom is -0.383 e. The van der Waals surface area contributed by atoms with E-state index < -0.39 is 0 Å². The summed E-state index contributed by atoms with van der Waals surface area (Å²) in [6, 6.07) is 23.9. The van der Waals surface area contributed by atoms with Crippen LogP contribution in [0.15, 0.2) is 88.8 Å². The number of para-hydroxylation sites is 1. The zero-order valence-electron chi connectivity index (χ0n) is 20.5. The first-order chi connectivity index (χ1) is 18.0. The fraction of sp³-hybridized carbons (Fsp3) is 0.214. The van der Waals surface area contributed by atoms with Crippen molar-refractivity contribution >= 4 is 34.5 Å². The molecule has 3 aromatic carbocycles. The minimum atomic E-state index is -0.189. The summed E-state index contributed by atoms with van der Waals surface area (Å²) in [6.07, 6.45) is 0. The molecule has 0 spiro atoms. The van der Waals surface area contributed by atoms with E-state index in [1.54, 1.807) is 42.0 Å². The van der Waals surface area contributed by atoms with Crippen LogP contribution in [0, 0.1) is 0 Å². The van der Waals surface area contributed by atoms with Crippen molar-refractivity contribution in [2.24, 2.45) is 0 Å². The van der Waals surface area contributed by atoms with Gasteiger partial charge in [-0.15, -0.1) is 0 Å².